The number of likely N-dealkylation sites (tertiary alicyclic amines) is 1. The fourth-order valence-electron chi connectivity index (χ4n) is 1.85. The molecular weight excluding hydrogens is 212 g/mol. The molecule has 0 amide bonds. The highest BCUT2D eigenvalue weighted by Gasteiger charge is 2.19. The number of hydrogen-bond acceptors (Lipinski definition) is 7. The Balaban J connectivity index is 1.74. The van der Waals surface area contributed by atoms with E-state index in [1.807, 2.05) is 0 Å². The summed E-state index contributed by atoms with van der Waals surface area (Å²) in [4.78, 5) is 2.40. The second-order valence-electron chi connectivity index (χ2n) is 3.72. The van der Waals surface area contributed by atoms with Gasteiger partial charge in [0.25, 0.3) is 0 Å². The van der Waals surface area contributed by atoms with E-state index in [9.17, 15) is 0 Å². The first-order valence-electron chi connectivity index (χ1n) is 5.22. The third-order valence-electron chi connectivity index (χ3n) is 2.66. The molecule has 1 aromatic rings. The summed E-state index contributed by atoms with van der Waals surface area (Å²) >= 11 is 1.31. The lowest BCUT2D eigenvalue weighted by molar-refractivity contribution is 0.224. The highest BCUT2D eigenvalue weighted by atomic mass is 32.1. The predicted molar refractivity (Wildman–Crippen MR) is 59.8 cm³/mol. The number of anilines is 1. The van der Waals surface area contributed by atoms with Crippen LogP contribution in [0.3, 0.4) is 0 Å². The fourth-order valence-corrected chi connectivity index (χ4v) is 2.29. The monoisotopic (exact) mass is 228 g/mol. The smallest absolute Gasteiger partial charge is 0.225 e. The lowest BCUT2D eigenvalue weighted by atomic mass is 10.1. The van der Waals surface area contributed by atoms with Gasteiger partial charge in [0.05, 0.1) is 0 Å². The lowest BCUT2D eigenvalue weighted by Crippen LogP contribution is -2.41. The minimum absolute atomic E-state index is 0.508. The van der Waals surface area contributed by atoms with Crippen LogP contribution in [0.4, 0.5) is 5.13 Å². The summed E-state index contributed by atoms with van der Waals surface area (Å²) in [6.45, 7) is 3.98. The zero-order chi connectivity index (χ0) is 10.5. The third kappa shape index (κ3) is 3.08. The summed E-state index contributed by atoms with van der Waals surface area (Å²) in [5, 5.41) is 11.6. The van der Waals surface area contributed by atoms with Gasteiger partial charge in [-0.1, -0.05) is 9.59 Å². The van der Waals surface area contributed by atoms with Gasteiger partial charge in [-0.05, 0) is 18.1 Å². The Labute approximate surface area is 93.0 Å². The number of rotatable bonds is 4. The molecule has 1 saturated heterocycles. The summed E-state index contributed by atoms with van der Waals surface area (Å²) in [6.07, 6.45) is 2.28. The van der Waals surface area contributed by atoms with Gasteiger partial charge >= 0.3 is 0 Å². The standard InChI is InChI=1S/C8H16N6S/c9-3-6-14-4-1-7(2-5-14)10-8-11-12-13-15-8/h7H,1-6,9H2,(H,10,11,13). The summed E-state index contributed by atoms with van der Waals surface area (Å²) in [5.74, 6) is 0. The van der Waals surface area contributed by atoms with Crippen molar-refractivity contribution >= 4 is 16.7 Å². The van der Waals surface area contributed by atoms with E-state index in [1.165, 1.54) is 11.5 Å². The largest absolute Gasteiger partial charge is 0.356 e. The van der Waals surface area contributed by atoms with Crippen LogP contribution in [0, 0.1) is 0 Å². The van der Waals surface area contributed by atoms with E-state index >= 15 is 0 Å². The maximum absolute atomic E-state index is 5.52. The maximum atomic E-state index is 5.52. The zero-order valence-electron chi connectivity index (χ0n) is 8.59. The maximum Gasteiger partial charge on any atom is 0.225 e. The first-order chi connectivity index (χ1) is 7.38. The van der Waals surface area contributed by atoms with Gasteiger partial charge in [-0.15, -0.1) is 0 Å². The molecule has 0 spiro atoms. The number of nitrogens with one attached hydrogen (secondary N) is 1. The highest BCUT2D eigenvalue weighted by molar-refractivity contribution is 7.09. The van der Waals surface area contributed by atoms with E-state index in [0.717, 1.165) is 44.2 Å². The van der Waals surface area contributed by atoms with Crippen molar-refractivity contribution in [3.63, 3.8) is 0 Å². The summed E-state index contributed by atoms with van der Waals surface area (Å²) in [6, 6.07) is 0.508. The van der Waals surface area contributed by atoms with Crippen molar-refractivity contribution in [2.45, 2.75) is 18.9 Å². The minimum Gasteiger partial charge on any atom is -0.356 e. The summed E-state index contributed by atoms with van der Waals surface area (Å²) in [7, 11) is 0. The lowest BCUT2D eigenvalue weighted by Gasteiger charge is -2.31. The van der Waals surface area contributed by atoms with Crippen LogP contribution in [0.2, 0.25) is 0 Å². The van der Waals surface area contributed by atoms with Gasteiger partial charge < -0.3 is 16.0 Å². The molecule has 0 saturated carbocycles. The van der Waals surface area contributed by atoms with E-state index in [2.05, 4.69) is 25.0 Å². The SMILES string of the molecule is NCCN1CCC(Nc2nnns2)CC1. The molecule has 0 bridgehead atoms. The zero-order valence-corrected chi connectivity index (χ0v) is 9.41. The molecule has 15 heavy (non-hydrogen) atoms. The van der Waals surface area contributed by atoms with Crippen LogP contribution >= 0.6 is 11.5 Å². The first-order valence-corrected chi connectivity index (χ1v) is 6.00. The molecule has 1 aliphatic heterocycles. The van der Waals surface area contributed by atoms with Crippen LogP contribution in [0.1, 0.15) is 12.8 Å². The van der Waals surface area contributed by atoms with E-state index in [4.69, 9.17) is 5.73 Å². The van der Waals surface area contributed by atoms with Gasteiger partial charge in [-0.25, -0.2) is 0 Å². The van der Waals surface area contributed by atoms with Gasteiger partial charge in [0.1, 0.15) is 0 Å². The van der Waals surface area contributed by atoms with Crippen molar-refractivity contribution in [3.8, 4) is 0 Å². The molecule has 6 nitrogen and oxygen atoms in total. The molecule has 0 unspecified atom stereocenters. The van der Waals surface area contributed by atoms with E-state index in [0.29, 0.717) is 6.04 Å². The Morgan fingerprint density at radius 3 is 2.87 bits per heavy atom. The molecule has 0 aromatic carbocycles. The molecule has 1 aromatic heterocycles. The molecule has 1 aliphatic rings. The molecule has 7 heteroatoms. The van der Waals surface area contributed by atoms with Crippen LogP contribution in [0.5, 0.6) is 0 Å². The summed E-state index contributed by atoms with van der Waals surface area (Å²) in [5.41, 5.74) is 5.52. The average Bonchev–Trinajstić information content (AvgIpc) is 2.74. The van der Waals surface area contributed by atoms with Gasteiger partial charge in [-0.3, -0.25) is 0 Å². The van der Waals surface area contributed by atoms with Crippen LogP contribution in [0.25, 0.3) is 0 Å². The van der Waals surface area contributed by atoms with Crippen LogP contribution in [0.15, 0.2) is 0 Å². The second-order valence-corrected chi connectivity index (χ2v) is 4.45. The Hall–Kier alpha value is -0.790. The van der Waals surface area contributed by atoms with Gasteiger partial charge in [-0.2, -0.15) is 0 Å². The Morgan fingerprint density at radius 1 is 1.47 bits per heavy atom. The van der Waals surface area contributed by atoms with E-state index in [1.54, 1.807) is 0 Å². The highest BCUT2D eigenvalue weighted by Crippen LogP contribution is 2.15. The number of aromatic nitrogens is 3. The van der Waals surface area contributed by atoms with Crippen molar-refractivity contribution in [3.05, 3.63) is 0 Å². The van der Waals surface area contributed by atoms with E-state index in [-0.39, 0.29) is 0 Å². The number of piperidine rings is 1. The first kappa shape index (κ1) is 10.7. The Morgan fingerprint density at radius 2 is 2.27 bits per heavy atom. The predicted octanol–water partition coefficient (Wildman–Crippen LogP) is -0.232. The topological polar surface area (TPSA) is 80.0 Å². The molecule has 1 fully saturated rings. The average molecular weight is 228 g/mol. The minimum atomic E-state index is 0.508. The van der Waals surface area contributed by atoms with Gasteiger partial charge in [0.2, 0.25) is 5.13 Å². The number of hydrogen-bond donors (Lipinski definition) is 2. The van der Waals surface area contributed by atoms with Crippen molar-refractivity contribution in [2.24, 2.45) is 5.73 Å². The quantitative estimate of drug-likeness (QED) is 0.741. The normalized spacial score (nSPS) is 19.3. The molecule has 2 heterocycles. The van der Waals surface area contributed by atoms with Crippen molar-refractivity contribution in [1.29, 1.82) is 0 Å². The van der Waals surface area contributed by atoms with Crippen molar-refractivity contribution in [1.82, 2.24) is 19.7 Å². The van der Waals surface area contributed by atoms with Gasteiger partial charge in [0, 0.05) is 43.8 Å². The molecule has 3 N–H and O–H groups in total. The van der Waals surface area contributed by atoms with Crippen LogP contribution < -0.4 is 11.1 Å². The molecule has 0 aliphatic carbocycles. The number of nitrogens with two attached hydrogens (primary N) is 1. The third-order valence-corrected chi connectivity index (χ3v) is 3.19. The summed E-state index contributed by atoms with van der Waals surface area (Å²) < 4.78 is 3.72. The molecule has 0 radical (unpaired) electrons. The molecule has 84 valence electrons. The van der Waals surface area contributed by atoms with Crippen LogP contribution in [-0.4, -0.2) is 51.9 Å². The van der Waals surface area contributed by atoms with Crippen LogP contribution in [-0.2, 0) is 0 Å². The van der Waals surface area contributed by atoms with Gasteiger partial charge in [0.15, 0.2) is 0 Å². The second kappa shape index (κ2) is 5.34. The van der Waals surface area contributed by atoms with E-state index < -0.39 is 0 Å². The molecule has 2 rings (SSSR count). The Kier molecular flexibility index (Phi) is 3.81. The Bertz CT molecular complexity index is 269. The van der Waals surface area contributed by atoms with Crippen molar-refractivity contribution < 1.29 is 0 Å². The number of nitrogens with zero attached hydrogens (tertiary/aromatic N) is 4. The van der Waals surface area contributed by atoms with Crippen molar-refractivity contribution in [2.75, 3.05) is 31.5 Å². The molecular formula is C8H16N6S. The fraction of sp³-hybridized carbons (Fsp3) is 0.875. The molecule has 0 atom stereocenters.